The summed E-state index contributed by atoms with van der Waals surface area (Å²) in [6.45, 7) is 7.41. The Morgan fingerprint density at radius 2 is 2.12 bits per heavy atom. The average molecular weight is 359 g/mol. The van der Waals surface area contributed by atoms with Crippen LogP contribution in [0.2, 0.25) is 0 Å². The van der Waals surface area contributed by atoms with Crippen molar-refractivity contribution in [2.75, 3.05) is 42.6 Å². The number of rotatable bonds is 4. The largest absolute Gasteiger partial charge is 0.356 e. The minimum Gasteiger partial charge on any atom is -0.356 e. The van der Waals surface area contributed by atoms with Gasteiger partial charge >= 0.3 is 0 Å². The van der Waals surface area contributed by atoms with Gasteiger partial charge in [0, 0.05) is 49.4 Å². The van der Waals surface area contributed by atoms with Gasteiger partial charge in [-0.3, -0.25) is 4.90 Å². The first kappa shape index (κ1) is 16.8. The van der Waals surface area contributed by atoms with Gasteiger partial charge in [0.25, 0.3) is 0 Å². The first-order valence-electron chi connectivity index (χ1n) is 9.12. The van der Waals surface area contributed by atoms with Crippen LogP contribution in [-0.2, 0) is 6.54 Å². The molecule has 2 saturated heterocycles. The third-order valence-electron chi connectivity index (χ3n) is 4.92. The summed E-state index contributed by atoms with van der Waals surface area (Å²) in [5.41, 5.74) is 0.915. The topological polar surface area (TPSA) is 58.3 Å². The summed E-state index contributed by atoms with van der Waals surface area (Å²) in [7, 11) is 0. The lowest BCUT2D eigenvalue weighted by atomic mass is 10.0. The Hall–Kier alpha value is -1.60. The van der Waals surface area contributed by atoms with Gasteiger partial charge in [-0.05, 0) is 30.9 Å². The molecule has 1 atom stereocenters. The molecule has 25 heavy (non-hydrogen) atoms. The molecule has 2 aromatic heterocycles. The predicted octanol–water partition coefficient (Wildman–Crippen LogP) is 2.92. The van der Waals surface area contributed by atoms with E-state index >= 15 is 0 Å². The Balaban J connectivity index is 1.41. The quantitative estimate of drug-likeness (QED) is 0.832. The lowest BCUT2D eigenvalue weighted by Gasteiger charge is -2.31. The van der Waals surface area contributed by atoms with Crippen molar-refractivity contribution in [2.45, 2.75) is 26.3 Å². The van der Waals surface area contributed by atoms with E-state index in [2.05, 4.69) is 37.9 Å². The van der Waals surface area contributed by atoms with E-state index in [9.17, 15) is 0 Å². The zero-order valence-corrected chi connectivity index (χ0v) is 15.5. The van der Waals surface area contributed by atoms with E-state index in [4.69, 9.17) is 4.52 Å². The van der Waals surface area contributed by atoms with Crippen LogP contribution in [0.15, 0.2) is 22.9 Å². The molecule has 0 radical (unpaired) electrons. The second kappa shape index (κ2) is 7.74. The molecule has 0 saturated carbocycles. The first-order chi connectivity index (χ1) is 12.3. The Morgan fingerprint density at radius 3 is 2.88 bits per heavy atom. The number of nitrogens with zero attached hydrogens (tertiary/aromatic N) is 5. The summed E-state index contributed by atoms with van der Waals surface area (Å²) >= 11 is 2.00. The molecule has 0 amide bonds. The van der Waals surface area contributed by atoms with Gasteiger partial charge in [-0.1, -0.05) is 12.1 Å². The highest BCUT2D eigenvalue weighted by molar-refractivity contribution is 7.99. The second-order valence-corrected chi connectivity index (χ2v) is 8.22. The molecule has 0 aliphatic carbocycles. The van der Waals surface area contributed by atoms with Gasteiger partial charge in [-0.25, -0.2) is 4.98 Å². The van der Waals surface area contributed by atoms with E-state index in [0.717, 1.165) is 50.0 Å². The minimum absolute atomic E-state index is 0.632. The van der Waals surface area contributed by atoms with Crippen LogP contribution in [0.4, 0.5) is 5.82 Å². The summed E-state index contributed by atoms with van der Waals surface area (Å²) in [6.07, 6.45) is 4.42. The first-order valence-corrected chi connectivity index (χ1v) is 10.3. The number of hydrogen-bond acceptors (Lipinski definition) is 7. The molecule has 0 bridgehead atoms. The van der Waals surface area contributed by atoms with Gasteiger partial charge in [0.05, 0.1) is 6.54 Å². The number of piperidine rings is 1. The SMILES string of the molecule is C[C@@H]1CCCN(c2ccc(-c3noc(CN4CCSCC4)n3)cn2)C1. The molecule has 2 aliphatic rings. The van der Waals surface area contributed by atoms with Crippen molar-refractivity contribution in [3.8, 4) is 11.4 Å². The highest BCUT2D eigenvalue weighted by Gasteiger charge is 2.18. The maximum atomic E-state index is 5.43. The maximum absolute atomic E-state index is 5.43. The van der Waals surface area contributed by atoms with E-state index in [1.54, 1.807) is 0 Å². The summed E-state index contributed by atoms with van der Waals surface area (Å²) < 4.78 is 5.43. The van der Waals surface area contributed by atoms with Crippen LogP contribution < -0.4 is 4.90 Å². The van der Waals surface area contributed by atoms with E-state index < -0.39 is 0 Å². The Kier molecular flexibility index (Phi) is 5.22. The van der Waals surface area contributed by atoms with Gasteiger partial charge in [0.2, 0.25) is 11.7 Å². The third-order valence-corrected chi connectivity index (χ3v) is 5.86. The molecule has 0 N–H and O–H groups in total. The Bertz CT molecular complexity index is 683. The Labute approximate surface area is 153 Å². The third kappa shape index (κ3) is 4.15. The molecule has 6 nitrogen and oxygen atoms in total. The fraction of sp³-hybridized carbons (Fsp3) is 0.611. The van der Waals surface area contributed by atoms with Gasteiger partial charge in [-0.15, -0.1) is 0 Å². The fourth-order valence-corrected chi connectivity index (χ4v) is 4.47. The molecule has 134 valence electrons. The van der Waals surface area contributed by atoms with Crippen molar-refractivity contribution in [1.29, 1.82) is 0 Å². The summed E-state index contributed by atoms with van der Waals surface area (Å²) in [5, 5.41) is 4.13. The smallest absolute Gasteiger partial charge is 0.241 e. The summed E-state index contributed by atoms with van der Waals surface area (Å²) in [6, 6.07) is 4.12. The molecule has 4 heterocycles. The number of anilines is 1. The van der Waals surface area contributed by atoms with Crippen molar-refractivity contribution >= 4 is 17.6 Å². The van der Waals surface area contributed by atoms with Crippen LogP contribution in [0.3, 0.4) is 0 Å². The van der Waals surface area contributed by atoms with E-state index in [1.165, 1.54) is 24.3 Å². The minimum atomic E-state index is 0.632. The van der Waals surface area contributed by atoms with Gasteiger partial charge in [0.15, 0.2) is 0 Å². The number of hydrogen-bond donors (Lipinski definition) is 0. The zero-order chi connectivity index (χ0) is 17.1. The highest BCUT2D eigenvalue weighted by atomic mass is 32.2. The molecule has 2 aliphatic heterocycles. The lowest BCUT2D eigenvalue weighted by Crippen LogP contribution is -2.34. The van der Waals surface area contributed by atoms with Gasteiger partial charge < -0.3 is 9.42 Å². The van der Waals surface area contributed by atoms with Crippen LogP contribution in [0.25, 0.3) is 11.4 Å². The number of thioether (sulfide) groups is 1. The van der Waals surface area contributed by atoms with Crippen molar-refractivity contribution in [1.82, 2.24) is 20.0 Å². The highest BCUT2D eigenvalue weighted by Crippen LogP contribution is 2.23. The Morgan fingerprint density at radius 1 is 1.24 bits per heavy atom. The van der Waals surface area contributed by atoms with E-state index in [0.29, 0.717) is 11.7 Å². The normalized spacial score (nSPS) is 22.3. The van der Waals surface area contributed by atoms with Gasteiger partial charge in [0.1, 0.15) is 5.82 Å². The molecule has 0 spiro atoms. The van der Waals surface area contributed by atoms with Crippen molar-refractivity contribution in [3.05, 3.63) is 24.2 Å². The molecular weight excluding hydrogens is 334 g/mol. The molecule has 0 aromatic carbocycles. The molecule has 0 unspecified atom stereocenters. The molecule has 2 fully saturated rings. The van der Waals surface area contributed by atoms with Crippen molar-refractivity contribution in [3.63, 3.8) is 0 Å². The summed E-state index contributed by atoms with van der Waals surface area (Å²) in [4.78, 5) is 13.9. The maximum Gasteiger partial charge on any atom is 0.241 e. The summed E-state index contributed by atoms with van der Waals surface area (Å²) in [5.74, 6) is 5.47. The van der Waals surface area contributed by atoms with Crippen LogP contribution >= 0.6 is 11.8 Å². The van der Waals surface area contributed by atoms with Crippen LogP contribution in [-0.4, -0.2) is 57.7 Å². The standard InChI is InChI=1S/C18H25N5OS/c1-14-3-2-6-23(12-14)16-5-4-15(11-19-16)18-20-17(24-21-18)13-22-7-9-25-10-8-22/h4-5,11,14H,2-3,6-10,12-13H2,1H3/t14-/m1/s1. The van der Waals surface area contributed by atoms with Crippen LogP contribution in [0.1, 0.15) is 25.7 Å². The predicted molar refractivity (Wildman–Crippen MR) is 101 cm³/mol. The molecule has 7 heteroatoms. The molecule has 2 aromatic rings. The van der Waals surface area contributed by atoms with Crippen LogP contribution in [0, 0.1) is 5.92 Å². The van der Waals surface area contributed by atoms with Crippen molar-refractivity contribution < 1.29 is 4.52 Å². The van der Waals surface area contributed by atoms with E-state index in [-0.39, 0.29) is 0 Å². The van der Waals surface area contributed by atoms with Gasteiger partial charge in [-0.2, -0.15) is 16.7 Å². The second-order valence-electron chi connectivity index (χ2n) is 7.00. The molecular formula is C18H25N5OS. The van der Waals surface area contributed by atoms with Crippen LogP contribution in [0.5, 0.6) is 0 Å². The number of pyridine rings is 1. The lowest BCUT2D eigenvalue weighted by molar-refractivity contribution is 0.245. The zero-order valence-electron chi connectivity index (χ0n) is 14.7. The molecule has 4 rings (SSSR count). The monoisotopic (exact) mass is 359 g/mol. The van der Waals surface area contributed by atoms with Crippen molar-refractivity contribution in [2.24, 2.45) is 5.92 Å². The van der Waals surface area contributed by atoms with E-state index in [1.807, 2.05) is 24.0 Å². The number of aromatic nitrogens is 3. The average Bonchev–Trinajstić information content (AvgIpc) is 3.11. The fourth-order valence-electron chi connectivity index (χ4n) is 3.49.